The van der Waals surface area contributed by atoms with Gasteiger partial charge in [-0.05, 0) is 67.9 Å². The van der Waals surface area contributed by atoms with Crippen molar-refractivity contribution in [3.05, 3.63) is 71.8 Å². The first kappa shape index (κ1) is 23.3. The molecule has 0 saturated carbocycles. The van der Waals surface area contributed by atoms with Crippen LogP contribution in [0.15, 0.2) is 65.6 Å². The third kappa shape index (κ3) is 4.47. The van der Waals surface area contributed by atoms with Crippen LogP contribution in [0.25, 0.3) is 0 Å². The number of anilines is 3. The summed E-state index contributed by atoms with van der Waals surface area (Å²) in [4.78, 5) is 26.5. The quantitative estimate of drug-likeness (QED) is 0.522. The van der Waals surface area contributed by atoms with Crippen molar-refractivity contribution in [3.8, 4) is 11.5 Å². The number of carbonyl (C=O) groups is 2. The molecule has 0 aromatic heterocycles. The van der Waals surface area contributed by atoms with E-state index in [1.165, 1.54) is 12.1 Å². The number of aryl methyl sites for hydroxylation is 1. The molecular formula is C25H25N3O5S. The van der Waals surface area contributed by atoms with Gasteiger partial charge in [0.25, 0.3) is 15.9 Å². The number of rotatable bonds is 6. The molecule has 3 aromatic carbocycles. The van der Waals surface area contributed by atoms with E-state index < -0.39 is 10.0 Å². The summed E-state index contributed by atoms with van der Waals surface area (Å²) in [6.45, 7) is 5.68. The van der Waals surface area contributed by atoms with Crippen molar-refractivity contribution in [2.24, 2.45) is 0 Å². The van der Waals surface area contributed by atoms with Gasteiger partial charge in [-0.15, -0.1) is 0 Å². The number of nitrogens with zero attached hydrogens (tertiary/aromatic N) is 1. The molecule has 2 N–H and O–H groups in total. The van der Waals surface area contributed by atoms with E-state index in [-0.39, 0.29) is 28.0 Å². The molecule has 0 radical (unpaired) electrons. The predicted molar refractivity (Wildman–Crippen MR) is 131 cm³/mol. The molecule has 0 aliphatic carbocycles. The van der Waals surface area contributed by atoms with Gasteiger partial charge >= 0.3 is 0 Å². The summed E-state index contributed by atoms with van der Waals surface area (Å²) in [5.41, 5.74) is 2.14. The minimum atomic E-state index is -3.95. The standard InChI is InChI=1S/C25H25N3O5S/c1-4-24(29)26-17-11-13-23(16(3)14-17)34(31,32)27-18-10-12-21-19(15-18)25(30)28(5-2)20-8-6-7-9-22(20)33-21/h6-15,27H,4-5H2,1-3H3,(H,26,29). The number of carbonyl (C=O) groups excluding carboxylic acids is 2. The zero-order chi connectivity index (χ0) is 24.5. The molecule has 3 aromatic rings. The van der Waals surface area contributed by atoms with Crippen molar-refractivity contribution in [2.75, 3.05) is 21.5 Å². The number of hydrogen-bond donors (Lipinski definition) is 2. The topological polar surface area (TPSA) is 105 Å². The van der Waals surface area contributed by atoms with Gasteiger partial charge in [-0.1, -0.05) is 19.1 Å². The fourth-order valence-electron chi connectivity index (χ4n) is 3.79. The molecule has 176 valence electrons. The summed E-state index contributed by atoms with van der Waals surface area (Å²) in [7, 11) is -3.95. The first-order valence-corrected chi connectivity index (χ1v) is 12.4. The zero-order valence-corrected chi connectivity index (χ0v) is 19.9. The summed E-state index contributed by atoms with van der Waals surface area (Å²) >= 11 is 0. The van der Waals surface area contributed by atoms with Crippen molar-refractivity contribution >= 4 is 38.9 Å². The second-order valence-corrected chi connectivity index (χ2v) is 9.47. The Bertz CT molecular complexity index is 1390. The SMILES string of the molecule is CCC(=O)Nc1ccc(S(=O)(=O)Nc2ccc3c(c2)C(=O)N(CC)c2ccccc2O3)c(C)c1. The second kappa shape index (κ2) is 9.18. The van der Waals surface area contributed by atoms with E-state index in [0.717, 1.165) is 0 Å². The first-order chi connectivity index (χ1) is 16.2. The van der Waals surface area contributed by atoms with Gasteiger partial charge in [0.05, 0.1) is 16.1 Å². The monoisotopic (exact) mass is 479 g/mol. The Hall–Kier alpha value is -3.85. The van der Waals surface area contributed by atoms with Gasteiger partial charge in [0.1, 0.15) is 5.75 Å². The van der Waals surface area contributed by atoms with Crippen LogP contribution in [0.1, 0.15) is 36.2 Å². The minimum absolute atomic E-state index is 0.0714. The van der Waals surface area contributed by atoms with E-state index in [9.17, 15) is 18.0 Å². The predicted octanol–water partition coefficient (Wildman–Crippen LogP) is 4.92. The van der Waals surface area contributed by atoms with Crippen molar-refractivity contribution in [3.63, 3.8) is 0 Å². The third-order valence-electron chi connectivity index (χ3n) is 5.47. The summed E-state index contributed by atoms with van der Waals surface area (Å²) in [6.07, 6.45) is 0.321. The van der Waals surface area contributed by atoms with E-state index in [2.05, 4.69) is 10.0 Å². The van der Waals surface area contributed by atoms with Gasteiger partial charge in [0, 0.05) is 24.3 Å². The van der Waals surface area contributed by atoms with Crippen molar-refractivity contribution in [1.29, 1.82) is 0 Å². The Kier molecular flexibility index (Phi) is 6.30. The number of fused-ring (bicyclic) bond motifs is 2. The van der Waals surface area contributed by atoms with Gasteiger partial charge in [-0.3, -0.25) is 14.3 Å². The maximum absolute atomic E-state index is 13.3. The van der Waals surface area contributed by atoms with E-state index in [4.69, 9.17) is 4.74 Å². The molecule has 2 amide bonds. The number of benzene rings is 3. The smallest absolute Gasteiger partial charge is 0.262 e. The molecular weight excluding hydrogens is 454 g/mol. The van der Waals surface area contributed by atoms with Gasteiger partial charge in [0.15, 0.2) is 5.75 Å². The van der Waals surface area contributed by atoms with Crippen molar-refractivity contribution in [1.82, 2.24) is 0 Å². The second-order valence-electron chi connectivity index (χ2n) is 7.82. The lowest BCUT2D eigenvalue weighted by Crippen LogP contribution is -2.29. The largest absolute Gasteiger partial charge is 0.454 e. The van der Waals surface area contributed by atoms with Crippen molar-refractivity contribution in [2.45, 2.75) is 32.1 Å². The summed E-state index contributed by atoms with van der Waals surface area (Å²) in [5, 5.41) is 2.71. The molecule has 0 fully saturated rings. The van der Waals surface area contributed by atoms with Crippen LogP contribution in [0.2, 0.25) is 0 Å². The minimum Gasteiger partial charge on any atom is -0.454 e. The first-order valence-electron chi connectivity index (χ1n) is 10.9. The summed E-state index contributed by atoms with van der Waals surface area (Å²) in [5.74, 6) is 0.461. The fraction of sp³-hybridized carbons (Fsp3) is 0.200. The van der Waals surface area contributed by atoms with Crippen LogP contribution in [0.4, 0.5) is 17.1 Å². The molecule has 1 aliphatic rings. The summed E-state index contributed by atoms with van der Waals surface area (Å²) < 4.78 is 34.7. The highest BCUT2D eigenvalue weighted by Gasteiger charge is 2.28. The van der Waals surface area contributed by atoms with Crippen LogP contribution < -0.4 is 19.7 Å². The molecule has 0 atom stereocenters. The van der Waals surface area contributed by atoms with E-state index in [0.29, 0.717) is 41.4 Å². The number of ether oxygens (including phenoxy) is 1. The lowest BCUT2D eigenvalue weighted by atomic mass is 10.1. The molecule has 0 bridgehead atoms. The van der Waals surface area contributed by atoms with Crippen LogP contribution in [0.5, 0.6) is 11.5 Å². The molecule has 0 spiro atoms. The lowest BCUT2D eigenvalue weighted by Gasteiger charge is -2.20. The number of hydrogen-bond acceptors (Lipinski definition) is 5. The highest BCUT2D eigenvalue weighted by atomic mass is 32.2. The normalized spacial score (nSPS) is 12.8. The van der Waals surface area contributed by atoms with Crippen LogP contribution in [0.3, 0.4) is 0 Å². The number of sulfonamides is 1. The Morgan fingerprint density at radius 1 is 0.971 bits per heavy atom. The van der Waals surface area contributed by atoms with Crippen molar-refractivity contribution < 1.29 is 22.7 Å². The van der Waals surface area contributed by atoms with E-state index >= 15 is 0 Å². The van der Waals surface area contributed by atoms with Crippen LogP contribution in [0, 0.1) is 6.92 Å². The highest BCUT2D eigenvalue weighted by Crippen LogP contribution is 2.39. The average molecular weight is 480 g/mol. The third-order valence-corrected chi connectivity index (χ3v) is 7.01. The van der Waals surface area contributed by atoms with E-state index in [1.54, 1.807) is 49.1 Å². The molecule has 1 heterocycles. The van der Waals surface area contributed by atoms with Gasteiger partial charge in [-0.25, -0.2) is 8.42 Å². The molecule has 9 heteroatoms. The highest BCUT2D eigenvalue weighted by molar-refractivity contribution is 7.92. The van der Waals surface area contributed by atoms with E-state index in [1.807, 2.05) is 25.1 Å². The Morgan fingerprint density at radius 2 is 1.71 bits per heavy atom. The van der Waals surface area contributed by atoms with Gasteiger partial charge in [-0.2, -0.15) is 0 Å². The van der Waals surface area contributed by atoms with Crippen LogP contribution in [-0.2, 0) is 14.8 Å². The zero-order valence-electron chi connectivity index (χ0n) is 19.1. The molecule has 0 unspecified atom stereocenters. The molecule has 1 aliphatic heterocycles. The number of para-hydroxylation sites is 2. The number of amides is 2. The molecule has 8 nitrogen and oxygen atoms in total. The summed E-state index contributed by atoms with van der Waals surface area (Å²) in [6, 6.07) is 16.4. The Labute approximate surface area is 198 Å². The average Bonchev–Trinajstić information content (AvgIpc) is 2.92. The van der Waals surface area contributed by atoms with Crippen LogP contribution in [-0.4, -0.2) is 26.8 Å². The van der Waals surface area contributed by atoms with Gasteiger partial charge in [0.2, 0.25) is 5.91 Å². The molecule has 34 heavy (non-hydrogen) atoms. The lowest BCUT2D eigenvalue weighted by molar-refractivity contribution is -0.115. The molecule has 4 rings (SSSR count). The van der Waals surface area contributed by atoms with Gasteiger partial charge < -0.3 is 15.0 Å². The maximum atomic E-state index is 13.3. The molecule has 0 saturated heterocycles. The Balaban J connectivity index is 1.64. The maximum Gasteiger partial charge on any atom is 0.262 e. The number of nitrogens with one attached hydrogen (secondary N) is 2. The Morgan fingerprint density at radius 3 is 2.41 bits per heavy atom. The fourth-order valence-corrected chi connectivity index (χ4v) is 5.07. The van der Waals surface area contributed by atoms with Crippen LogP contribution >= 0.6 is 0 Å².